The zero-order valence-electron chi connectivity index (χ0n) is 20.3. The second-order valence-electron chi connectivity index (χ2n) is 9.17. The van der Waals surface area contributed by atoms with E-state index in [-0.39, 0.29) is 18.2 Å². The van der Waals surface area contributed by atoms with E-state index in [1.165, 1.54) is 25.1 Å². The predicted molar refractivity (Wildman–Crippen MR) is 136 cm³/mol. The number of aliphatic hydroxyl groups is 1. The van der Waals surface area contributed by atoms with Gasteiger partial charge in [-0.25, -0.2) is 14.4 Å². The number of aromatic nitrogens is 3. The highest BCUT2D eigenvalue weighted by Gasteiger charge is 2.36. The first-order chi connectivity index (χ1) is 17.9. The van der Waals surface area contributed by atoms with E-state index in [9.17, 15) is 19.1 Å². The van der Waals surface area contributed by atoms with E-state index >= 15 is 0 Å². The number of pyridine rings is 3. The maximum Gasteiger partial charge on any atom is 0.270 e. The van der Waals surface area contributed by atoms with Crippen LogP contribution in [0.2, 0.25) is 0 Å². The molecule has 2 amide bonds. The van der Waals surface area contributed by atoms with Crippen LogP contribution >= 0.6 is 11.8 Å². The third-order valence-electron chi connectivity index (χ3n) is 6.83. The first-order valence-electron chi connectivity index (χ1n) is 12.0. The molecule has 3 aromatic heterocycles. The first kappa shape index (κ1) is 25.3. The summed E-state index contributed by atoms with van der Waals surface area (Å²) in [5.74, 6) is 0.132. The van der Waals surface area contributed by atoms with Crippen molar-refractivity contribution in [2.24, 2.45) is 0 Å². The van der Waals surface area contributed by atoms with Gasteiger partial charge >= 0.3 is 0 Å². The molecule has 3 aromatic rings. The van der Waals surface area contributed by atoms with Gasteiger partial charge in [0.15, 0.2) is 0 Å². The molecule has 0 bridgehead atoms. The van der Waals surface area contributed by atoms with E-state index in [1.54, 1.807) is 24.3 Å². The van der Waals surface area contributed by atoms with E-state index in [4.69, 9.17) is 4.74 Å². The van der Waals surface area contributed by atoms with Gasteiger partial charge in [-0.1, -0.05) is 0 Å². The van der Waals surface area contributed by atoms with Crippen LogP contribution in [0.3, 0.4) is 0 Å². The number of anilines is 1. The van der Waals surface area contributed by atoms with Crippen molar-refractivity contribution < 1.29 is 23.8 Å². The van der Waals surface area contributed by atoms with Gasteiger partial charge in [-0.3, -0.25) is 14.6 Å². The van der Waals surface area contributed by atoms with E-state index in [1.807, 2.05) is 0 Å². The summed E-state index contributed by atoms with van der Waals surface area (Å²) in [5, 5.41) is 15.8. The lowest BCUT2D eigenvalue weighted by Gasteiger charge is -2.41. The molecule has 0 aliphatic carbocycles. The summed E-state index contributed by atoms with van der Waals surface area (Å²) >= 11 is 1.37. The van der Waals surface area contributed by atoms with Gasteiger partial charge in [0.2, 0.25) is 11.8 Å². The number of thioether (sulfide) groups is 1. The SMILES string of the molecule is COc1ccc2ncc(F)c(CCN3CCC(CO)(NC(=O)c4ccc5c(n4)NC(=O)CS5)CC3)c2n1. The number of likely N-dealkylation sites (tertiary alicyclic amines) is 1. The standard InChI is InChI=1S/C25H27FN6O4S/c1-36-21-5-3-17-22(30-21)15(16(26)12-27-17)6-9-32-10-7-25(14-33,8-11-32)31-24(35)18-2-4-19-23(28-18)29-20(34)13-37-19/h2-5,12,33H,6-11,13-14H2,1H3,(H,31,35)(H,28,29,34). The van der Waals surface area contributed by atoms with Crippen molar-refractivity contribution in [1.82, 2.24) is 25.2 Å². The molecule has 0 unspecified atom stereocenters. The van der Waals surface area contributed by atoms with E-state index in [2.05, 4.69) is 30.5 Å². The minimum atomic E-state index is -0.785. The molecule has 5 heterocycles. The summed E-state index contributed by atoms with van der Waals surface area (Å²) in [4.78, 5) is 40.4. The molecule has 3 N–H and O–H groups in total. The van der Waals surface area contributed by atoms with Crippen LogP contribution in [0.4, 0.5) is 10.2 Å². The highest BCUT2D eigenvalue weighted by molar-refractivity contribution is 8.00. The topological polar surface area (TPSA) is 130 Å². The number of carbonyl (C=O) groups excluding carboxylic acids is 2. The van der Waals surface area contributed by atoms with Crippen LogP contribution in [0.5, 0.6) is 5.88 Å². The van der Waals surface area contributed by atoms with Crippen LogP contribution in [-0.4, -0.2) is 81.4 Å². The molecule has 0 spiro atoms. The van der Waals surface area contributed by atoms with Gasteiger partial charge in [-0.15, -0.1) is 11.8 Å². The Labute approximate surface area is 217 Å². The third kappa shape index (κ3) is 5.36. The van der Waals surface area contributed by atoms with Gasteiger partial charge in [0, 0.05) is 31.3 Å². The molecule has 2 aliphatic rings. The van der Waals surface area contributed by atoms with Crippen LogP contribution in [0.1, 0.15) is 28.9 Å². The fraction of sp³-hybridized carbons (Fsp3) is 0.400. The molecule has 10 nitrogen and oxygen atoms in total. The number of halogens is 1. The summed E-state index contributed by atoms with van der Waals surface area (Å²) in [7, 11) is 1.51. The smallest absolute Gasteiger partial charge is 0.270 e. The molecule has 37 heavy (non-hydrogen) atoms. The molecule has 5 rings (SSSR count). The monoisotopic (exact) mass is 526 g/mol. The maximum absolute atomic E-state index is 14.6. The number of methoxy groups -OCH3 is 1. The Hall–Kier alpha value is -3.35. The lowest BCUT2D eigenvalue weighted by molar-refractivity contribution is -0.113. The molecule has 0 aromatic carbocycles. The predicted octanol–water partition coefficient (Wildman–Crippen LogP) is 2.02. The minimum absolute atomic E-state index is 0.156. The summed E-state index contributed by atoms with van der Waals surface area (Å²) in [6.45, 7) is 1.62. The Morgan fingerprint density at radius 3 is 2.84 bits per heavy atom. The fourth-order valence-electron chi connectivity index (χ4n) is 4.62. The van der Waals surface area contributed by atoms with Crippen molar-refractivity contribution in [3.63, 3.8) is 0 Å². The molecule has 194 valence electrons. The average Bonchev–Trinajstić information content (AvgIpc) is 2.92. The lowest BCUT2D eigenvalue weighted by Crippen LogP contribution is -2.57. The normalized spacial score (nSPS) is 17.2. The van der Waals surface area contributed by atoms with Crippen molar-refractivity contribution in [3.05, 3.63) is 47.5 Å². The molecule has 1 fully saturated rings. The van der Waals surface area contributed by atoms with E-state index < -0.39 is 17.3 Å². The van der Waals surface area contributed by atoms with Crippen LogP contribution in [0, 0.1) is 5.82 Å². The zero-order chi connectivity index (χ0) is 26.0. The summed E-state index contributed by atoms with van der Waals surface area (Å²) in [6.07, 6.45) is 2.70. The van der Waals surface area contributed by atoms with Crippen LogP contribution in [0.15, 0.2) is 35.4 Å². The number of carbonyl (C=O) groups is 2. The number of nitrogens with one attached hydrogen (secondary N) is 2. The van der Waals surface area contributed by atoms with Crippen molar-refractivity contribution in [2.75, 3.05) is 44.4 Å². The number of ether oxygens (including phenoxy) is 1. The van der Waals surface area contributed by atoms with Gasteiger partial charge in [0.1, 0.15) is 17.3 Å². The molecule has 2 aliphatic heterocycles. The van der Waals surface area contributed by atoms with Gasteiger partial charge in [0.05, 0.1) is 47.1 Å². The number of hydrogen-bond acceptors (Lipinski definition) is 9. The number of rotatable bonds is 7. The number of piperidine rings is 1. The quantitative estimate of drug-likeness (QED) is 0.423. The molecule has 0 saturated carbocycles. The van der Waals surface area contributed by atoms with E-state index in [0.717, 1.165) is 4.90 Å². The minimum Gasteiger partial charge on any atom is -0.481 e. The average molecular weight is 527 g/mol. The highest BCUT2D eigenvalue weighted by Crippen LogP contribution is 2.30. The maximum atomic E-state index is 14.6. The fourth-order valence-corrected chi connectivity index (χ4v) is 5.38. The summed E-state index contributed by atoms with van der Waals surface area (Å²) in [6, 6.07) is 6.84. The molecule has 0 radical (unpaired) electrons. The van der Waals surface area contributed by atoms with Crippen molar-refractivity contribution in [2.45, 2.75) is 29.7 Å². The highest BCUT2D eigenvalue weighted by atomic mass is 32.2. The van der Waals surface area contributed by atoms with Gasteiger partial charge in [-0.2, -0.15) is 0 Å². The van der Waals surface area contributed by atoms with Crippen molar-refractivity contribution in [1.29, 1.82) is 0 Å². The Kier molecular flexibility index (Phi) is 7.22. The Bertz CT molecular complexity index is 1350. The van der Waals surface area contributed by atoms with Gasteiger partial charge in [-0.05, 0) is 37.5 Å². The van der Waals surface area contributed by atoms with Crippen molar-refractivity contribution >= 4 is 40.4 Å². The van der Waals surface area contributed by atoms with Crippen LogP contribution < -0.4 is 15.4 Å². The number of fused-ring (bicyclic) bond motifs is 2. The lowest BCUT2D eigenvalue weighted by atomic mass is 9.87. The number of nitrogens with zero attached hydrogens (tertiary/aromatic N) is 4. The molecular formula is C25H27FN6O4S. The number of amides is 2. The van der Waals surface area contributed by atoms with Gasteiger partial charge < -0.3 is 25.4 Å². The summed E-state index contributed by atoms with van der Waals surface area (Å²) < 4.78 is 19.8. The molecule has 1 saturated heterocycles. The van der Waals surface area contributed by atoms with Crippen molar-refractivity contribution in [3.8, 4) is 5.88 Å². The molecule has 12 heteroatoms. The summed E-state index contributed by atoms with van der Waals surface area (Å²) in [5.41, 5.74) is 0.971. The Morgan fingerprint density at radius 1 is 1.27 bits per heavy atom. The molecular weight excluding hydrogens is 499 g/mol. The number of hydrogen-bond donors (Lipinski definition) is 3. The second kappa shape index (κ2) is 10.6. The Morgan fingerprint density at radius 2 is 2.08 bits per heavy atom. The van der Waals surface area contributed by atoms with E-state index in [0.29, 0.717) is 72.9 Å². The Balaban J connectivity index is 1.22. The van der Waals surface area contributed by atoms with Gasteiger partial charge in [0.25, 0.3) is 5.91 Å². The zero-order valence-corrected chi connectivity index (χ0v) is 21.1. The molecule has 0 atom stereocenters. The largest absolute Gasteiger partial charge is 0.481 e. The third-order valence-corrected chi connectivity index (χ3v) is 7.88. The number of aliphatic hydroxyl groups excluding tert-OH is 1. The first-order valence-corrected chi connectivity index (χ1v) is 13.0. The van der Waals surface area contributed by atoms with Crippen LogP contribution in [0.25, 0.3) is 11.0 Å². The van der Waals surface area contributed by atoms with Crippen LogP contribution in [-0.2, 0) is 11.2 Å². The second-order valence-corrected chi connectivity index (χ2v) is 10.2.